The standard InChI is InChI=1S/C22H24BrN3O4S/c1-13-10-15(4-5-16(13)25-8-9-30-11-19(25)27)26-12-22(3,14(2)21(26)29)24-20(28)17-6-7-18(23)31-17/h4-7,10,14H,8-9,11-12H2,1-3H3,(H,24,28). The summed E-state index contributed by atoms with van der Waals surface area (Å²) in [5, 5.41) is 3.07. The molecule has 0 spiro atoms. The van der Waals surface area contributed by atoms with E-state index < -0.39 is 5.54 Å². The Labute approximate surface area is 193 Å². The Morgan fingerprint density at radius 3 is 2.68 bits per heavy atom. The second-order valence-corrected chi connectivity index (χ2v) is 10.7. The Hall–Kier alpha value is -2.23. The second-order valence-electron chi connectivity index (χ2n) is 8.19. The summed E-state index contributed by atoms with van der Waals surface area (Å²) in [6.07, 6.45) is 0. The van der Waals surface area contributed by atoms with Gasteiger partial charge in [0.05, 0.1) is 26.7 Å². The molecule has 2 aromatic rings. The molecule has 2 aliphatic rings. The number of hydrogen-bond acceptors (Lipinski definition) is 5. The van der Waals surface area contributed by atoms with Gasteiger partial charge in [0, 0.05) is 24.5 Å². The molecule has 9 heteroatoms. The quantitative estimate of drug-likeness (QED) is 0.690. The molecule has 0 saturated carbocycles. The molecular weight excluding hydrogens is 482 g/mol. The molecular formula is C22H24BrN3O4S. The third-order valence-corrected chi connectivity index (χ3v) is 7.67. The Morgan fingerprint density at radius 2 is 2.03 bits per heavy atom. The van der Waals surface area contributed by atoms with Crippen molar-refractivity contribution >= 4 is 56.4 Å². The van der Waals surface area contributed by atoms with Crippen molar-refractivity contribution in [2.75, 3.05) is 36.1 Å². The average Bonchev–Trinajstić information content (AvgIpc) is 3.26. The van der Waals surface area contributed by atoms with Crippen molar-refractivity contribution in [3.8, 4) is 0 Å². The highest BCUT2D eigenvalue weighted by Gasteiger charge is 2.48. The summed E-state index contributed by atoms with van der Waals surface area (Å²) in [5.41, 5.74) is 1.80. The zero-order valence-electron chi connectivity index (χ0n) is 17.6. The minimum Gasteiger partial charge on any atom is -0.370 e. The smallest absolute Gasteiger partial charge is 0.261 e. The Balaban J connectivity index is 1.55. The molecule has 31 heavy (non-hydrogen) atoms. The third kappa shape index (κ3) is 4.14. The summed E-state index contributed by atoms with van der Waals surface area (Å²) in [7, 11) is 0. The number of halogens is 1. The van der Waals surface area contributed by atoms with Crippen molar-refractivity contribution in [1.82, 2.24) is 5.32 Å². The molecule has 164 valence electrons. The van der Waals surface area contributed by atoms with Crippen LogP contribution in [-0.4, -0.2) is 49.6 Å². The van der Waals surface area contributed by atoms with Crippen LogP contribution in [0.5, 0.6) is 0 Å². The van der Waals surface area contributed by atoms with Gasteiger partial charge in [0.25, 0.3) is 11.8 Å². The largest absolute Gasteiger partial charge is 0.370 e. The van der Waals surface area contributed by atoms with Gasteiger partial charge in [-0.3, -0.25) is 14.4 Å². The summed E-state index contributed by atoms with van der Waals surface area (Å²) >= 11 is 4.74. The number of nitrogens with one attached hydrogen (secondary N) is 1. The predicted octanol–water partition coefficient (Wildman–Crippen LogP) is 3.35. The zero-order chi connectivity index (χ0) is 22.3. The molecule has 0 bridgehead atoms. The van der Waals surface area contributed by atoms with E-state index in [1.807, 2.05) is 45.0 Å². The molecule has 3 amide bonds. The Morgan fingerprint density at radius 1 is 1.26 bits per heavy atom. The van der Waals surface area contributed by atoms with Gasteiger partial charge in [0.15, 0.2) is 0 Å². The van der Waals surface area contributed by atoms with Crippen LogP contribution in [0.25, 0.3) is 0 Å². The van der Waals surface area contributed by atoms with E-state index in [-0.39, 0.29) is 30.2 Å². The van der Waals surface area contributed by atoms with Gasteiger partial charge in [-0.25, -0.2) is 0 Å². The minimum absolute atomic E-state index is 0.0373. The summed E-state index contributed by atoms with van der Waals surface area (Å²) < 4.78 is 6.10. The summed E-state index contributed by atoms with van der Waals surface area (Å²) in [5.74, 6) is -0.661. The van der Waals surface area contributed by atoms with Crippen LogP contribution in [-0.2, 0) is 14.3 Å². The number of nitrogens with zero attached hydrogens (tertiary/aromatic N) is 2. The lowest BCUT2D eigenvalue weighted by Crippen LogP contribution is -2.51. The number of rotatable bonds is 4. The van der Waals surface area contributed by atoms with Crippen molar-refractivity contribution in [3.63, 3.8) is 0 Å². The molecule has 2 fully saturated rings. The lowest BCUT2D eigenvalue weighted by atomic mass is 9.90. The van der Waals surface area contributed by atoms with Crippen LogP contribution < -0.4 is 15.1 Å². The first-order valence-electron chi connectivity index (χ1n) is 10.1. The fourth-order valence-corrected chi connectivity index (χ4v) is 5.34. The molecule has 1 aromatic heterocycles. The molecule has 3 heterocycles. The second kappa shape index (κ2) is 8.37. The van der Waals surface area contributed by atoms with E-state index in [9.17, 15) is 14.4 Å². The maximum absolute atomic E-state index is 13.1. The van der Waals surface area contributed by atoms with Crippen molar-refractivity contribution in [2.45, 2.75) is 26.3 Å². The topological polar surface area (TPSA) is 79.0 Å². The van der Waals surface area contributed by atoms with Gasteiger partial charge in [0.2, 0.25) is 5.91 Å². The molecule has 2 aliphatic heterocycles. The van der Waals surface area contributed by atoms with Crippen molar-refractivity contribution in [1.29, 1.82) is 0 Å². The number of benzene rings is 1. The Kier molecular flexibility index (Phi) is 5.93. The van der Waals surface area contributed by atoms with E-state index in [0.717, 1.165) is 20.7 Å². The van der Waals surface area contributed by atoms with Crippen LogP contribution in [0, 0.1) is 12.8 Å². The number of carbonyl (C=O) groups is 3. The van der Waals surface area contributed by atoms with Crippen molar-refractivity contribution < 1.29 is 19.1 Å². The fraction of sp³-hybridized carbons (Fsp3) is 0.409. The van der Waals surface area contributed by atoms with Gasteiger partial charge in [-0.1, -0.05) is 6.92 Å². The number of morpholine rings is 1. The number of anilines is 2. The lowest BCUT2D eigenvalue weighted by Gasteiger charge is -2.30. The van der Waals surface area contributed by atoms with E-state index in [2.05, 4.69) is 21.2 Å². The van der Waals surface area contributed by atoms with E-state index in [4.69, 9.17) is 4.74 Å². The van der Waals surface area contributed by atoms with Gasteiger partial charge in [-0.05, 0) is 65.7 Å². The number of thiophene rings is 1. The number of hydrogen-bond donors (Lipinski definition) is 1. The Bertz CT molecular complexity index is 1060. The molecule has 2 saturated heterocycles. The van der Waals surface area contributed by atoms with Crippen LogP contribution in [0.2, 0.25) is 0 Å². The van der Waals surface area contributed by atoms with Crippen LogP contribution in [0.1, 0.15) is 29.1 Å². The van der Waals surface area contributed by atoms with Crippen LogP contribution in [0.15, 0.2) is 34.1 Å². The lowest BCUT2D eigenvalue weighted by molar-refractivity contribution is -0.125. The van der Waals surface area contributed by atoms with Gasteiger partial charge in [-0.2, -0.15) is 0 Å². The van der Waals surface area contributed by atoms with Gasteiger partial charge in [0.1, 0.15) is 6.61 Å². The minimum atomic E-state index is -0.697. The van der Waals surface area contributed by atoms with Crippen LogP contribution >= 0.6 is 27.3 Å². The molecule has 0 aliphatic carbocycles. The molecule has 2 atom stereocenters. The number of ether oxygens (including phenoxy) is 1. The van der Waals surface area contributed by atoms with E-state index >= 15 is 0 Å². The first-order chi connectivity index (χ1) is 14.7. The SMILES string of the molecule is Cc1cc(N2CC(C)(NC(=O)c3ccc(Br)s3)C(C)C2=O)ccc1N1CCOCC1=O. The zero-order valence-corrected chi connectivity index (χ0v) is 20.0. The molecule has 1 N–H and O–H groups in total. The predicted molar refractivity (Wildman–Crippen MR) is 124 cm³/mol. The normalized spacial score (nSPS) is 24.1. The molecule has 1 aromatic carbocycles. The van der Waals surface area contributed by atoms with Gasteiger partial charge >= 0.3 is 0 Å². The molecule has 2 unspecified atom stereocenters. The number of amides is 3. The van der Waals surface area contributed by atoms with E-state index in [1.54, 1.807) is 15.9 Å². The fourth-order valence-electron chi connectivity index (χ4n) is 4.06. The van der Waals surface area contributed by atoms with Crippen molar-refractivity contribution in [2.24, 2.45) is 5.92 Å². The van der Waals surface area contributed by atoms with E-state index in [0.29, 0.717) is 24.6 Å². The third-order valence-electron chi connectivity index (χ3n) is 6.04. The summed E-state index contributed by atoms with van der Waals surface area (Å²) in [6, 6.07) is 9.26. The summed E-state index contributed by atoms with van der Waals surface area (Å²) in [6.45, 7) is 7.17. The molecule has 4 rings (SSSR count). The monoisotopic (exact) mass is 505 g/mol. The highest BCUT2D eigenvalue weighted by atomic mass is 79.9. The number of carbonyl (C=O) groups excluding carboxylic acids is 3. The van der Waals surface area contributed by atoms with Gasteiger partial charge < -0.3 is 19.9 Å². The van der Waals surface area contributed by atoms with Crippen LogP contribution in [0.4, 0.5) is 11.4 Å². The molecule has 7 nitrogen and oxygen atoms in total. The maximum Gasteiger partial charge on any atom is 0.261 e. The van der Waals surface area contributed by atoms with E-state index in [1.165, 1.54) is 11.3 Å². The molecule has 0 radical (unpaired) electrons. The maximum atomic E-state index is 13.1. The first-order valence-corrected chi connectivity index (χ1v) is 11.7. The van der Waals surface area contributed by atoms with Crippen LogP contribution in [0.3, 0.4) is 0 Å². The van der Waals surface area contributed by atoms with Crippen molar-refractivity contribution in [3.05, 3.63) is 44.6 Å². The first kappa shape index (κ1) is 22.0. The highest BCUT2D eigenvalue weighted by Crippen LogP contribution is 2.35. The highest BCUT2D eigenvalue weighted by molar-refractivity contribution is 9.11. The summed E-state index contributed by atoms with van der Waals surface area (Å²) in [4.78, 5) is 42.0. The average molecular weight is 506 g/mol. The van der Waals surface area contributed by atoms with Gasteiger partial charge in [-0.15, -0.1) is 11.3 Å². The number of aryl methyl sites for hydroxylation is 1.